The van der Waals surface area contributed by atoms with E-state index in [1.54, 1.807) is 4.52 Å². The molecule has 9 nitrogen and oxygen atoms in total. The maximum atomic E-state index is 12.7. The van der Waals surface area contributed by atoms with Crippen molar-refractivity contribution in [2.24, 2.45) is 5.92 Å². The van der Waals surface area contributed by atoms with Gasteiger partial charge in [-0.2, -0.15) is 4.98 Å². The van der Waals surface area contributed by atoms with Crippen LogP contribution in [0.4, 0.5) is 17.3 Å². The molecule has 1 atom stereocenters. The molecule has 1 unspecified atom stereocenters. The number of aromatic nitrogens is 3. The number of pyridine rings is 1. The van der Waals surface area contributed by atoms with Crippen molar-refractivity contribution in [3.8, 4) is 0 Å². The normalized spacial score (nSPS) is 19.1. The number of benzene rings is 2. The number of amides is 1. The molecule has 0 bridgehead atoms. The number of halogens is 1. The maximum absolute atomic E-state index is 12.7. The van der Waals surface area contributed by atoms with Gasteiger partial charge in [-0.3, -0.25) is 4.79 Å². The van der Waals surface area contributed by atoms with E-state index in [0.29, 0.717) is 49.0 Å². The molecule has 4 aromatic rings. The third kappa shape index (κ3) is 6.38. The predicted molar refractivity (Wildman–Crippen MR) is 167 cm³/mol. The number of carbonyl (C=O) groups is 1. The van der Waals surface area contributed by atoms with Gasteiger partial charge in [0, 0.05) is 55.2 Å². The van der Waals surface area contributed by atoms with Gasteiger partial charge in [0.15, 0.2) is 5.65 Å². The number of nitrogens with one attached hydrogen (secondary N) is 2. The summed E-state index contributed by atoms with van der Waals surface area (Å²) in [6.07, 6.45) is 5.62. The molecular weight excluding hydrogens is 550 g/mol. The number of likely N-dealkylation sites (tertiary alicyclic amines) is 1. The lowest BCUT2D eigenvalue weighted by atomic mass is 9.84. The maximum Gasteiger partial charge on any atom is 0.251 e. The molecule has 0 aliphatic carbocycles. The fourth-order valence-corrected chi connectivity index (χ4v) is 6.24. The van der Waals surface area contributed by atoms with Gasteiger partial charge in [-0.15, -0.1) is 5.10 Å². The van der Waals surface area contributed by atoms with Crippen molar-refractivity contribution in [3.05, 3.63) is 83.0 Å². The largest absolute Gasteiger partial charge is 0.385 e. The van der Waals surface area contributed by atoms with Crippen molar-refractivity contribution < 1.29 is 9.90 Å². The van der Waals surface area contributed by atoms with E-state index in [-0.39, 0.29) is 5.91 Å². The summed E-state index contributed by atoms with van der Waals surface area (Å²) in [6, 6.07) is 18.8. The Morgan fingerprint density at radius 2 is 1.83 bits per heavy atom. The summed E-state index contributed by atoms with van der Waals surface area (Å²) >= 11 is 6.04. The topological polar surface area (TPSA) is 98.0 Å². The summed E-state index contributed by atoms with van der Waals surface area (Å²) < 4.78 is 1.77. The minimum absolute atomic E-state index is 0.0633. The smallest absolute Gasteiger partial charge is 0.251 e. The van der Waals surface area contributed by atoms with E-state index in [4.69, 9.17) is 16.6 Å². The Morgan fingerprint density at radius 1 is 1.07 bits per heavy atom. The molecule has 220 valence electrons. The van der Waals surface area contributed by atoms with Crippen LogP contribution < -0.4 is 15.5 Å². The van der Waals surface area contributed by atoms with Crippen molar-refractivity contribution >= 4 is 40.5 Å². The van der Waals surface area contributed by atoms with Crippen LogP contribution in [0.15, 0.2) is 66.9 Å². The average molecular weight is 588 g/mol. The number of fused-ring (bicyclic) bond motifs is 1. The van der Waals surface area contributed by atoms with E-state index < -0.39 is 5.60 Å². The second kappa shape index (κ2) is 12.3. The van der Waals surface area contributed by atoms with Crippen LogP contribution in [0.5, 0.6) is 0 Å². The van der Waals surface area contributed by atoms with Gasteiger partial charge in [0.1, 0.15) is 0 Å². The predicted octanol–water partition coefficient (Wildman–Crippen LogP) is 5.08. The van der Waals surface area contributed by atoms with E-state index in [9.17, 15) is 9.90 Å². The Bertz CT molecular complexity index is 1510. The van der Waals surface area contributed by atoms with Gasteiger partial charge < -0.3 is 25.5 Å². The van der Waals surface area contributed by atoms with Gasteiger partial charge in [-0.1, -0.05) is 30.7 Å². The molecule has 2 aliphatic rings. The van der Waals surface area contributed by atoms with Crippen LogP contribution >= 0.6 is 11.6 Å². The number of nitrogens with zero attached hydrogens (tertiary/aromatic N) is 5. The zero-order valence-corrected chi connectivity index (χ0v) is 24.7. The summed E-state index contributed by atoms with van der Waals surface area (Å²) in [5, 5.41) is 22.9. The van der Waals surface area contributed by atoms with E-state index >= 15 is 0 Å². The van der Waals surface area contributed by atoms with Crippen molar-refractivity contribution in [1.29, 1.82) is 0 Å². The standard InChI is InChI=1S/C32H38ClN7O2/c1-23-4-2-17-38(22-23)21-16-34-30(41)24-6-12-27(13-7-24)35-31-36-29-28(5-3-18-40(29)37-31)39-19-14-32(42,15-20-39)25-8-10-26(33)11-9-25/h3,5-13,18,23,42H,2,4,14-17,19-22H2,1H3,(H,34,41)(H,35,37). The number of rotatable bonds is 8. The van der Waals surface area contributed by atoms with E-state index in [2.05, 4.69) is 32.5 Å². The molecule has 2 aromatic carbocycles. The third-order valence-electron chi connectivity index (χ3n) is 8.51. The first-order chi connectivity index (χ1) is 20.4. The van der Waals surface area contributed by atoms with E-state index in [1.165, 1.54) is 12.8 Å². The minimum Gasteiger partial charge on any atom is -0.385 e. The highest BCUT2D eigenvalue weighted by Gasteiger charge is 2.34. The highest BCUT2D eigenvalue weighted by molar-refractivity contribution is 6.30. The molecule has 0 saturated carbocycles. The summed E-state index contributed by atoms with van der Waals surface area (Å²) in [7, 11) is 0. The molecule has 6 rings (SSSR count). The summed E-state index contributed by atoms with van der Waals surface area (Å²) in [6.45, 7) is 7.43. The fourth-order valence-electron chi connectivity index (χ4n) is 6.11. The summed E-state index contributed by atoms with van der Waals surface area (Å²) in [4.78, 5) is 22.1. The highest BCUT2D eigenvalue weighted by atomic mass is 35.5. The average Bonchev–Trinajstić information content (AvgIpc) is 3.41. The van der Waals surface area contributed by atoms with Gasteiger partial charge in [-0.05, 0) is 92.2 Å². The quantitative estimate of drug-likeness (QED) is 0.265. The molecule has 0 spiro atoms. The lowest BCUT2D eigenvalue weighted by Crippen LogP contribution is -2.42. The molecule has 10 heteroatoms. The number of hydrogen-bond donors (Lipinski definition) is 3. The van der Waals surface area contributed by atoms with Crippen molar-refractivity contribution in [2.45, 2.75) is 38.2 Å². The zero-order chi connectivity index (χ0) is 29.1. The van der Waals surface area contributed by atoms with Crippen LogP contribution in [0.25, 0.3) is 5.65 Å². The van der Waals surface area contributed by atoms with Gasteiger partial charge in [0.2, 0.25) is 5.95 Å². The van der Waals surface area contributed by atoms with Crippen molar-refractivity contribution in [3.63, 3.8) is 0 Å². The number of hydrogen-bond acceptors (Lipinski definition) is 7. The van der Waals surface area contributed by atoms with Crippen molar-refractivity contribution in [2.75, 3.05) is 49.5 Å². The van der Waals surface area contributed by atoms with E-state index in [1.807, 2.05) is 66.9 Å². The Morgan fingerprint density at radius 3 is 2.57 bits per heavy atom. The van der Waals surface area contributed by atoms with Crippen LogP contribution in [0.1, 0.15) is 48.5 Å². The summed E-state index contributed by atoms with van der Waals surface area (Å²) in [5.74, 6) is 1.15. The Labute approximate surface area is 251 Å². The van der Waals surface area contributed by atoms with Crippen LogP contribution in [0, 0.1) is 5.92 Å². The molecule has 2 fully saturated rings. The second-order valence-electron chi connectivity index (χ2n) is 11.6. The number of piperidine rings is 2. The highest BCUT2D eigenvalue weighted by Crippen LogP contribution is 2.36. The first kappa shape index (κ1) is 28.5. The van der Waals surface area contributed by atoms with Crippen LogP contribution in [-0.4, -0.2) is 69.8 Å². The Balaban J connectivity index is 1.06. The molecule has 2 aliphatic heterocycles. The molecular formula is C32H38ClN7O2. The Hall–Kier alpha value is -3.66. The lowest BCUT2D eigenvalue weighted by Gasteiger charge is -2.39. The van der Waals surface area contributed by atoms with Crippen molar-refractivity contribution in [1.82, 2.24) is 24.8 Å². The SMILES string of the molecule is CC1CCCN(CCNC(=O)c2ccc(Nc3nc4c(N5CCC(O)(c6ccc(Cl)cc6)CC5)cccn4n3)cc2)C1. The molecule has 2 saturated heterocycles. The molecule has 3 N–H and O–H groups in total. The zero-order valence-electron chi connectivity index (χ0n) is 24.0. The third-order valence-corrected chi connectivity index (χ3v) is 8.76. The van der Waals surface area contributed by atoms with Gasteiger partial charge >= 0.3 is 0 Å². The molecule has 4 heterocycles. The number of anilines is 3. The summed E-state index contributed by atoms with van der Waals surface area (Å²) in [5.41, 5.74) is 3.17. The molecule has 42 heavy (non-hydrogen) atoms. The number of carbonyl (C=O) groups excluding carboxylic acids is 1. The minimum atomic E-state index is -0.873. The van der Waals surface area contributed by atoms with Crippen LogP contribution in [0.2, 0.25) is 5.02 Å². The van der Waals surface area contributed by atoms with Gasteiger partial charge in [0.05, 0.1) is 11.3 Å². The lowest BCUT2D eigenvalue weighted by molar-refractivity contribution is 0.0118. The first-order valence-corrected chi connectivity index (χ1v) is 15.2. The van der Waals surface area contributed by atoms with Gasteiger partial charge in [-0.25, -0.2) is 4.52 Å². The molecule has 0 radical (unpaired) electrons. The fraction of sp³-hybridized carbons (Fsp3) is 0.406. The molecule has 1 amide bonds. The van der Waals surface area contributed by atoms with Gasteiger partial charge in [0.25, 0.3) is 5.91 Å². The van der Waals surface area contributed by atoms with Crippen LogP contribution in [-0.2, 0) is 5.60 Å². The molecule has 2 aromatic heterocycles. The van der Waals surface area contributed by atoms with E-state index in [0.717, 1.165) is 48.1 Å². The first-order valence-electron chi connectivity index (χ1n) is 14.8. The number of aliphatic hydroxyl groups is 1. The monoisotopic (exact) mass is 587 g/mol. The Kier molecular flexibility index (Phi) is 8.33. The van der Waals surface area contributed by atoms with Crippen LogP contribution in [0.3, 0.4) is 0 Å². The second-order valence-corrected chi connectivity index (χ2v) is 12.1.